The van der Waals surface area contributed by atoms with E-state index >= 15 is 0 Å². The van der Waals surface area contributed by atoms with Crippen LogP contribution in [0.5, 0.6) is 0 Å². The highest BCUT2D eigenvalue weighted by molar-refractivity contribution is 6.23. The fourth-order valence-electron chi connectivity index (χ4n) is 6.23. The highest BCUT2D eigenvalue weighted by atomic mass is 16.3. The van der Waals surface area contributed by atoms with Crippen LogP contribution in [0.15, 0.2) is 168 Å². The molecule has 0 bridgehead atoms. The second-order valence-corrected chi connectivity index (χ2v) is 10.5. The molecule has 0 saturated carbocycles. The van der Waals surface area contributed by atoms with E-state index in [1.165, 1.54) is 27.5 Å². The van der Waals surface area contributed by atoms with Gasteiger partial charge in [-0.25, -0.2) is 0 Å². The number of nitrogens with zero attached hydrogens (tertiary/aromatic N) is 1. The van der Waals surface area contributed by atoms with Gasteiger partial charge in [-0.3, -0.25) is 0 Å². The molecule has 0 spiro atoms. The Morgan fingerprint density at radius 3 is 1.81 bits per heavy atom. The molecule has 0 aliphatic heterocycles. The second kappa shape index (κ2) is 10.1. The normalized spacial score (nSPS) is 11.3. The van der Waals surface area contributed by atoms with Crippen molar-refractivity contribution >= 4 is 49.8 Å². The van der Waals surface area contributed by atoms with Crippen molar-refractivity contribution in [1.82, 2.24) is 0 Å². The van der Waals surface area contributed by atoms with Crippen LogP contribution in [0, 0.1) is 0 Å². The molecule has 198 valence electrons. The molecule has 0 fully saturated rings. The summed E-state index contributed by atoms with van der Waals surface area (Å²) in [5, 5.41) is 4.69. The van der Waals surface area contributed by atoms with Crippen molar-refractivity contribution in [3.05, 3.63) is 164 Å². The highest BCUT2D eigenvalue weighted by Gasteiger charge is 2.22. The second-order valence-electron chi connectivity index (χ2n) is 10.5. The summed E-state index contributed by atoms with van der Waals surface area (Å²) >= 11 is 0. The van der Waals surface area contributed by atoms with Crippen molar-refractivity contribution in [2.45, 2.75) is 0 Å². The van der Waals surface area contributed by atoms with Gasteiger partial charge in [0.15, 0.2) is 0 Å². The Balaban J connectivity index is 1.44. The van der Waals surface area contributed by atoms with E-state index in [0.717, 1.165) is 44.6 Å². The molecule has 2 nitrogen and oxygen atoms in total. The predicted octanol–water partition coefficient (Wildman–Crippen LogP) is 11.5. The number of benzene rings is 7. The summed E-state index contributed by atoms with van der Waals surface area (Å²) in [4.78, 5) is 2.39. The average molecular weight is 538 g/mol. The van der Waals surface area contributed by atoms with Crippen molar-refractivity contribution in [2.24, 2.45) is 0 Å². The van der Waals surface area contributed by atoms with Crippen LogP contribution in [0.1, 0.15) is 0 Å². The molecule has 2 heteroatoms. The number of fused-ring (bicyclic) bond motifs is 5. The average Bonchev–Trinajstić information content (AvgIpc) is 3.45. The molecule has 1 aromatic heterocycles. The minimum atomic E-state index is 0.906. The topological polar surface area (TPSA) is 16.4 Å². The van der Waals surface area contributed by atoms with Gasteiger partial charge in [-0.1, -0.05) is 127 Å². The molecule has 0 N–H and O–H groups in total. The van der Waals surface area contributed by atoms with Crippen LogP contribution in [-0.2, 0) is 0 Å². The first-order valence-corrected chi connectivity index (χ1v) is 14.3. The zero-order chi connectivity index (χ0) is 27.9. The first-order chi connectivity index (χ1) is 20.9. The maximum Gasteiger partial charge on any atom is 0.136 e. The molecule has 0 aliphatic rings. The molecule has 7 aromatic carbocycles. The van der Waals surface area contributed by atoms with Crippen LogP contribution in [0.4, 0.5) is 17.1 Å². The maximum atomic E-state index is 6.32. The summed E-state index contributed by atoms with van der Waals surface area (Å²) < 4.78 is 6.32. The largest absolute Gasteiger partial charge is 0.456 e. The van der Waals surface area contributed by atoms with E-state index in [-0.39, 0.29) is 0 Å². The van der Waals surface area contributed by atoms with Crippen LogP contribution < -0.4 is 4.90 Å². The lowest BCUT2D eigenvalue weighted by molar-refractivity contribution is 0.669. The van der Waals surface area contributed by atoms with Gasteiger partial charge in [0.25, 0.3) is 0 Å². The minimum Gasteiger partial charge on any atom is -0.456 e. The number of hydrogen-bond acceptors (Lipinski definition) is 2. The lowest BCUT2D eigenvalue weighted by Gasteiger charge is -2.30. The zero-order valence-electron chi connectivity index (χ0n) is 22.9. The highest BCUT2D eigenvalue weighted by Crippen LogP contribution is 2.47. The van der Waals surface area contributed by atoms with Crippen molar-refractivity contribution in [2.75, 3.05) is 4.90 Å². The molecular weight excluding hydrogens is 510 g/mol. The molecule has 0 atom stereocenters. The third-order valence-electron chi connectivity index (χ3n) is 8.06. The van der Waals surface area contributed by atoms with E-state index in [4.69, 9.17) is 4.42 Å². The van der Waals surface area contributed by atoms with Gasteiger partial charge in [0, 0.05) is 33.0 Å². The van der Waals surface area contributed by atoms with E-state index in [1.807, 2.05) is 6.07 Å². The molecular formula is C40H27NO. The standard InChI is InChI=1S/C40H27NO/c1-3-14-28(15-4-1)31-19-7-10-23-35(31)41(30-17-5-2-6-18-30)36-24-11-8-20-32(36)33-22-13-16-29-26-27-38-40(39(29)33)34-21-9-12-25-37(34)42-38/h1-27H. The zero-order valence-corrected chi connectivity index (χ0v) is 22.9. The lowest BCUT2D eigenvalue weighted by Crippen LogP contribution is -2.12. The third-order valence-corrected chi connectivity index (χ3v) is 8.06. The summed E-state index contributed by atoms with van der Waals surface area (Å²) in [6, 6.07) is 57.9. The molecule has 8 rings (SSSR count). The quantitative estimate of drug-likeness (QED) is 0.217. The van der Waals surface area contributed by atoms with Gasteiger partial charge in [-0.05, 0) is 52.9 Å². The number of hydrogen-bond donors (Lipinski definition) is 0. The molecule has 42 heavy (non-hydrogen) atoms. The van der Waals surface area contributed by atoms with Crippen LogP contribution in [0.25, 0.3) is 55.0 Å². The van der Waals surface area contributed by atoms with Gasteiger partial charge >= 0.3 is 0 Å². The summed E-state index contributed by atoms with van der Waals surface area (Å²) in [5.41, 5.74) is 9.86. The Morgan fingerprint density at radius 1 is 0.381 bits per heavy atom. The molecule has 0 unspecified atom stereocenters. The van der Waals surface area contributed by atoms with Crippen LogP contribution in [-0.4, -0.2) is 0 Å². The Bertz CT molecular complexity index is 2200. The first kappa shape index (κ1) is 24.2. The van der Waals surface area contributed by atoms with Crippen LogP contribution in [0.3, 0.4) is 0 Å². The molecule has 0 radical (unpaired) electrons. The SMILES string of the molecule is c1ccc(-c2ccccc2N(c2ccccc2)c2ccccc2-c2cccc3ccc4oc5ccccc5c4c23)cc1. The van der Waals surface area contributed by atoms with E-state index in [1.54, 1.807) is 0 Å². The minimum absolute atomic E-state index is 0.906. The predicted molar refractivity (Wildman–Crippen MR) is 177 cm³/mol. The number of para-hydroxylation sites is 4. The van der Waals surface area contributed by atoms with E-state index in [2.05, 4.69) is 163 Å². The third kappa shape index (κ3) is 3.96. The van der Waals surface area contributed by atoms with Gasteiger partial charge in [0.2, 0.25) is 0 Å². The summed E-state index contributed by atoms with van der Waals surface area (Å²) in [6.45, 7) is 0. The first-order valence-electron chi connectivity index (χ1n) is 14.3. The van der Waals surface area contributed by atoms with E-state index < -0.39 is 0 Å². The van der Waals surface area contributed by atoms with Crippen molar-refractivity contribution in [3.8, 4) is 22.3 Å². The van der Waals surface area contributed by atoms with Crippen LogP contribution >= 0.6 is 0 Å². The molecule has 8 aromatic rings. The number of anilines is 3. The molecule has 0 amide bonds. The van der Waals surface area contributed by atoms with Crippen molar-refractivity contribution in [1.29, 1.82) is 0 Å². The fraction of sp³-hybridized carbons (Fsp3) is 0. The van der Waals surface area contributed by atoms with Gasteiger partial charge in [-0.15, -0.1) is 0 Å². The van der Waals surface area contributed by atoms with Crippen LogP contribution in [0.2, 0.25) is 0 Å². The molecule has 0 aliphatic carbocycles. The summed E-state index contributed by atoms with van der Waals surface area (Å²) in [7, 11) is 0. The van der Waals surface area contributed by atoms with Crippen molar-refractivity contribution in [3.63, 3.8) is 0 Å². The Hall–Kier alpha value is -5.60. The lowest BCUT2D eigenvalue weighted by atomic mass is 9.93. The monoisotopic (exact) mass is 537 g/mol. The Kier molecular flexibility index (Phi) is 5.82. The van der Waals surface area contributed by atoms with Gasteiger partial charge in [0.1, 0.15) is 11.2 Å². The van der Waals surface area contributed by atoms with Gasteiger partial charge < -0.3 is 9.32 Å². The molecule has 1 heterocycles. The number of rotatable bonds is 5. The van der Waals surface area contributed by atoms with Gasteiger partial charge in [0.05, 0.1) is 11.4 Å². The smallest absolute Gasteiger partial charge is 0.136 e. The maximum absolute atomic E-state index is 6.32. The van der Waals surface area contributed by atoms with E-state index in [0.29, 0.717) is 0 Å². The number of furan rings is 1. The Morgan fingerprint density at radius 2 is 1.00 bits per heavy atom. The van der Waals surface area contributed by atoms with E-state index in [9.17, 15) is 0 Å². The molecule has 0 saturated heterocycles. The van der Waals surface area contributed by atoms with Crippen molar-refractivity contribution < 1.29 is 4.42 Å². The van der Waals surface area contributed by atoms with Gasteiger partial charge in [-0.2, -0.15) is 0 Å². The summed E-state index contributed by atoms with van der Waals surface area (Å²) in [6.07, 6.45) is 0. The summed E-state index contributed by atoms with van der Waals surface area (Å²) in [5.74, 6) is 0. The fourth-order valence-corrected chi connectivity index (χ4v) is 6.23. The Labute approximate surface area is 244 Å².